The molecule has 0 rings (SSSR count). The Morgan fingerprint density at radius 1 is 0.311 bits per heavy atom. The minimum atomic E-state index is -4.95. The van der Waals surface area contributed by atoms with E-state index in [0.29, 0.717) is 25.7 Å². The summed E-state index contributed by atoms with van der Waals surface area (Å²) in [6, 6.07) is 0. The fourth-order valence-electron chi connectivity index (χ4n) is 10.6. The number of aliphatic hydroxyl groups is 1. The van der Waals surface area contributed by atoms with E-state index in [-0.39, 0.29) is 25.7 Å². The van der Waals surface area contributed by atoms with Crippen molar-refractivity contribution in [3.05, 3.63) is 0 Å². The molecule has 0 saturated heterocycles. The maximum atomic E-state index is 13.0. The summed E-state index contributed by atoms with van der Waals surface area (Å²) < 4.78 is 68.3. The highest BCUT2D eigenvalue weighted by molar-refractivity contribution is 7.47. The lowest BCUT2D eigenvalue weighted by atomic mass is 9.99. The molecule has 0 aromatic heterocycles. The first-order valence-electron chi connectivity index (χ1n) is 36.7. The predicted octanol–water partition coefficient (Wildman–Crippen LogP) is 20.1. The molecule has 0 fully saturated rings. The van der Waals surface area contributed by atoms with Crippen molar-refractivity contribution in [3.8, 4) is 0 Å². The molecule has 534 valence electrons. The molecule has 4 unspecified atom stereocenters. The van der Waals surface area contributed by atoms with E-state index >= 15 is 0 Å². The first-order valence-corrected chi connectivity index (χ1v) is 39.7. The Kier molecular flexibility index (Phi) is 59.4. The van der Waals surface area contributed by atoms with Gasteiger partial charge in [-0.1, -0.05) is 299 Å². The van der Waals surface area contributed by atoms with Gasteiger partial charge in [0.15, 0.2) is 12.2 Å². The zero-order chi connectivity index (χ0) is 66.8. The van der Waals surface area contributed by atoms with Gasteiger partial charge in [0, 0.05) is 25.7 Å². The smallest absolute Gasteiger partial charge is 0.462 e. The van der Waals surface area contributed by atoms with E-state index in [9.17, 15) is 43.2 Å². The first kappa shape index (κ1) is 88.1. The maximum Gasteiger partial charge on any atom is 0.472 e. The lowest BCUT2D eigenvalue weighted by Crippen LogP contribution is -2.30. The van der Waals surface area contributed by atoms with Crippen molar-refractivity contribution >= 4 is 39.5 Å². The van der Waals surface area contributed by atoms with Crippen LogP contribution in [0.1, 0.15) is 351 Å². The van der Waals surface area contributed by atoms with Crippen LogP contribution in [0.3, 0.4) is 0 Å². The third-order valence-corrected chi connectivity index (χ3v) is 18.6. The highest BCUT2D eigenvalue weighted by atomic mass is 31.2. The number of phosphoric ester groups is 2. The minimum Gasteiger partial charge on any atom is -0.462 e. The summed E-state index contributed by atoms with van der Waals surface area (Å²) in [4.78, 5) is 72.6. The fraction of sp³-hybridized carbons (Fsp3) is 0.944. The quantitative estimate of drug-likeness (QED) is 0.0222. The van der Waals surface area contributed by atoms with E-state index in [2.05, 4.69) is 55.4 Å². The second-order valence-corrected chi connectivity index (χ2v) is 30.2. The molecule has 0 saturated carbocycles. The number of aliphatic hydroxyl groups excluding tert-OH is 1. The molecule has 17 nitrogen and oxygen atoms in total. The SMILES string of the molecule is CCC(C)CCCCCCCCCCC(=O)O[C@H](COC(=O)CCCCCCCCCCC(C)C)COP(=O)(O)OCC(O)COP(=O)(O)OC[C@@H](COC(=O)CCCCCCCCCCCCCC(C)C)OC(=O)CCCCCCCCCCCCC(C)C. The summed E-state index contributed by atoms with van der Waals surface area (Å²) in [6.45, 7) is 14.1. The summed E-state index contributed by atoms with van der Waals surface area (Å²) in [6.07, 6.45) is 43.0. The second kappa shape index (κ2) is 60.7. The average molecular weight is 1330 g/mol. The molecular formula is C71H138O17P2. The number of ether oxygens (including phenoxy) is 4. The van der Waals surface area contributed by atoms with E-state index in [1.165, 1.54) is 154 Å². The Labute approximate surface area is 549 Å². The zero-order valence-corrected chi connectivity index (χ0v) is 60.6. The Hall–Kier alpha value is -1.94. The topological polar surface area (TPSA) is 237 Å². The lowest BCUT2D eigenvalue weighted by molar-refractivity contribution is -0.161. The molecule has 0 spiro atoms. The molecule has 0 amide bonds. The van der Waals surface area contributed by atoms with Crippen LogP contribution in [0, 0.1) is 23.7 Å². The Morgan fingerprint density at radius 3 is 0.789 bits per heavy atom. The van der Waals surface area contributed by atoms with E-state index in [0.717, 1.165) is 114 Å². The van der Waals surface area contributed by atoms with Crippen LogP contribution in [0.4, 0.5) is 0 Å². The molecule has 0 aliphatic rings. The largest absolute Gasteiger partial charge is 0.472 e. The highest BCUT2D eigenvalue weighted by Crippen LogP contribution is 2.45. The molecule has 90 heavy (non-hydrogen) atoms. The number of carbonyl (C=O) groups is 4. The van der Waals surface area contributed by atoms with Crippen molar-refractivity contribution < 1.29 is 80.2 Å². The van der Waals surface area contributed by atoms with Crippen molar-refractivity contribution in [2.24, 2.45) is 23.7 Å². The highest BCUT2D eigenvalue weighted by Gasteiger charge is 2.30. The molecule has 6 atom stereocenters. The Morgan fingerprint density at radius 2 is 0.533 bits per heavy atom. The normalized spacial score (nSPS) is 14.6. The Balaban J connectivity index is 5.27. The van der Waals surface area contributed by atoms with Crippen LogP contribution in [0.2, 0.25) is 0 Å². The van der Waals surface area contributed by atoms with Crippen molar-refractivity contribution in [2.45, 2.75) is 369 Å². The first-order chi connectivity index (χ1) is 43.1. The second-order valence-electron chi connectivity index (χ2n) is 27.3. The molecule has 0 heterocycles. The van der Waals surface area contributed by atoms with Gasteiger partial charge in [0.05, 0.1) is 26.4 Å². The van der Waals surface area contributed by atoms with Crippen molar-refractivity contribution in [1.29, 1.82) is 0 Å². The molecule has 0 radical (unpaired) electrons. The van der Waals surface area contributed by atoms with E-state index < -0.39 is 97.5 Å². The minimum absolute atomic E-state index is 0.104. The van der Waals surface area contributed by atoms with Gasteiger partial charge >= 0.3 is 39.5 Å². The van der Waals surface area contributed by atoms with E-state index in [1.54, 1.807) is 0 Å². The molecule has 19 heteroatoms. The Bertz CT molecular complexity index is 1780. The molecule has 0 bridgehead atoms. The van der Waals surface area contributed by atoms with Crippen LogP contribution in [-0.2, 0) is 65.4 Å². The van der Waals surface area contributed by atoms with Crippen LogP contribution in [-0.4, -0.2) is 96.7 Å². The van der Waals surface area contributed by atoms with Crippen LogP contribution in [0.15, 0.2) is 0 Å². The number of hydrogen-bond donors (Lipinski definition) is 3. The number of hydrogen-bond acceptors (Lipinski definition) is 15. The predicted molar refractivity (Wildman–Crippen MR) is 363 cm³/mol. The fourth-order valence-corrected chi connectivity index (χ4v) is 12.2. The van der Waals surface area contributed by atoms with Gasteiger partial charge in [0.1, 0.15) is 19.3 Å². The molecule has 0 aliphatic carbocycles. The number of esters is 4. The average Bonchev–Trinajstić information content (AvgIpc) is 3.71. The van der Waals surface area contributed by atoms with Gasteiger partial charge in [-0.05, 0) is 49.4 Å². The number of phosphoric acid groups is 2. The standard InChI is InChI=1S/C71H138O17P2/c1-9-64(8)50-42-34-26-20-22-30-38-46-54-71(76)88-67(58-82-69(74)52-44-36-28-21-19-25-33-41-49-63(6)7)60-86-90(79,80)84-56-65(72)55-83-89(77,78)85-59-66(87-70(75)53-45-37-29-18-14-13-16-24-32-40-48-62(4)5)57-81-68(73)51-43-35-27-17-12-10-11-15-23-31-39-47-61(2)3/h61-67,72H,9-60H2,1-8H3,(H,77,78)(H,79,80)/t64?,65?,66-,67-/m1/s1. The molecular weight excluding hydrogens is 1190 g/mol. The van der Waals surface area contributed by atoms with Crippen LogP contribution in [0.5, 0.6) is 0 Å². The molecule has 0 aliphatic heterocycles. The van der Waals surface area contributed by atoms with E-state index in [1.807, 2.05) is 0 Å². The summed E-state index contributed by atoms with van der Waals surface area (Å²) in [7, 11) is -9.91. The number of carbonyl (C=O) groups excluding carboxylic acids is 4. The van der Waals surface area contributed by atoms with Crippen molar-refractivity contribution in [2.75, 3.05) is 39.6 Å². The van der Waals surface area contributed by atoms with Gasteiger partial charge in [0.2, 0.25) is 0 Å². The zero-order valence-electron chi connectivity index (χ0n) is 58.8. The summed E-state index contributed by atoms with van der Waals surface area (Å²) in [5.74, 6) is 0.890. The van der Waals surface area contributed by atoms with Gasteiger partial charge in [-0.25, -0.2) is 9.13 Å². The molecule has 0 aromatic rings. The van der Waals surface area contributed by atoms with Crippen LogP contribution < -0.4 is 0 Å². The van der Waals surface area contributed by atoms with Gasteiger partial charge in [-0.3, -0.25) is 37.3 Å². The van der Waals surface area contributed by atoms with Gasteiger partial charge in [0.25, 0.3) is 0 Å². The monoisotopic (exact) mass is 1320 g/mol. The van der Waals surface area contributed by atoms with Gasteiger partial charge < -0.3 is 33.8 Å². The van der Waals surface area contributed by atoms with Crippen molar-refractivity contribution in [3.63, 3.8) is 0 Å². The third kappa shape index (κ3) is 63.5. The summed E-state index contributed by atoms with van der Waals surface area (Å²) >= 11 is 0. The summed E-state index contributed by atoms with van der Waals surface area (Å²) in [5, 5.41) is 10.6. The third-order valence-electron chi connectivity index (χ3n) is 16.7. The van der Waals surface area contributed by atoms with E-state index in [4.69, 9.17) is 37.0 Å². The van der Waals surface area contributed by atoms with Crippen LogP contribution >= 0.6 is 15.6 Å². The number of unbranched alkanes of at least 4 members (excludes halogenated alkanes) is 33. The maximum absolute atomic E-state index is 13.0. The number of rotatable bonds is 68. The van der Waals surface area contributed by atoms with Gasteiger partial charge in [-0.15, -0.1) is 0 Å². The van der Waals surface area contributed by atoms with Crippen molar-refractivity contribution in [1.82, 2.24) is 0 Å². The molecule has 0 aromatic carbocycles. The van der Waals surface area contributed by atoms with Gasteiger partial charge in [-0.2, -0.15) is 0 Å². The lowest BCUT2D eigenvalue weighted by Gasteiger charge is -2.21. The molecule has 3 N–H and O–H groups in total. The summed E-state index contributed by atoms with van der Waals surface area (Å²) in [5.41, 5.74) is 0. The van der Waals surface area contributed by atoms with Crippen LogP contribution in [0.25, 0.3) is 0 Å².